The van der Waals surface area contributed by atoms with Crippen molar-refractivity contribution in [3.63, 3.8) is 0 Å². The van der Waals surface area contributed by atoms with Gasteiger partial charge in [-0.3, -0.25) is 20.0 Å². The molecule has 1 atom stereocenters. The van der Waals surface area contributed by atoms with Crippen LogP contribution in [0.5, 0.6) is 0 Å². The Morgan fingerprint density at radius 2 is 2.09 bits per heavy atom. The highest BCUT2D eigenvalue weighted by molar-refractivity contribution is 5.76. The van der Waals surface area contributed by atoms with Gasteiger partial charge in [0.2, 0.25) is 5.91 Å². The molecule has 1 amide bonds. The number of aromatic nitrogens is 3. The lowest BCUT2D eigenvalue weighted by Gasteiger charge is -2.28. The van der Waals surface area contributed by atoms with Gasteiger partial charge in [0, 0.05) is 25.4 Å². The van der Waals surface area contributed by atoms with Gasteiger partial charge in [0.15, 0.2) is 0 Å². The van der Waals surface area contributed by atoms with Gasteiger partial charge in [-0.2, -0.15) is 0 Å². The average molecular weight is 434 g/mol. The average Bonchev–Trinajstić information content (AvgIpc) is 3.41. The van der Waals surface area contributed by atoms with Crippen molar-refractivity contribution in [3.8, 4) is 0 Å². The molecule has 0 spiro atoms. The van der Waals surface area contributed by atoms with Crippen LogP contribution in [-0.2, 0) is 17.8 Å². The number of hydrogen-bond donors (Lipinski definition) is 2. The zero-order chi connectivity index (χ0) is 22.5. The quantitative estimate of drug-likeness (QED) is 0.415. The maximum atomic E-state index is 11.3. The van der Waals surface area contributed by atoms with E-state index in [9.17, 15) is 4.79 Å². The number of nitrogens with one attached hydrogen (secondary N) is 1. The number of para-hydroxylation sites is 2. The third kappa shape index (κ3) is 4.67. The number of amides is 1. The number of benzene rings is 1. The first kappa shape index (κ1) is 21.6. The molecular weight excluding hydrogens is 406 g/mol. The maximum absolute atomic E-state index is 11.3. The number of aryl methyl sites for hydroxylation is 2. The summed E-state index contributed by atoms with van der Waals surface area (Å²) >= 11 is 0. The van der Waals surface area contributed by atoms with E-state index in [1.54, 1.807) is 17.8 Å². The Balaban J connectivity index is 1.64. The number of hydroxylamine groups is 1. The number of rotatable bonds is 8. The molecule has 1 aliphatic heterocycles. The summed E-state index contributed by atoms with van der Waals surface area (Å²) in [6.45, 7) is 5.54. The van der Waals surface area contributed by atoms with Gasteiger partial charge in [-0.05, 0) is 42.2 Å². The summed E-state index contributed by atoms with van der Waals surface area (Å²) in [6.07, 6.45) is 6.25. The molecule has 0 saturated carbocycles. The summed E-state index contributed by atoms with van der Waals surface area (Å²) in [5.41, 5.74) is 5.53. The van der Waals surface area contributed by atoms with E-state index < -0.39 is 5.91 Å². The Kier molecular flexibility index (Phi) is 6.55. The zero-order valence-corrected chi connectivity index (χ0v) is 18.2. The molecule has 3 aromatic rings. The van der Waals surface area contributed by atoms with Crippen molar-refractivity contribution in [2.24, 2.45) is 16.3 Å². The molecule has 9 nitrogen and oxygen atoms in total. The Hall–Kier alpha value is -3.59. The van der Waals surface area contributed by atoms with Gasteiger partial charge in [0.25, 0.3) is 0 Å². The monoisotopic (exact) mass is 433 g/mol. The number of pyridine rings is 1. The number of imidazole rings is 1. The van der Waals surface area contributed by atoms with Crippen LogP contribution in [0, 0.1) is 5.92 Å². The van der Waals surface area contributed by atoms with Crippen LogP contribution in [0.15, 0.2) is 70.9 Å². The van der Waals surface area contributed by atoms with Crippen LogP contribution >= 0.6 is 0 Å². The molecule has 1 aliphatic rings. The minimum absolute atomic E-state index is 0.0503. The second-order valence-corrected chi connectivity index (χ2v) is 8.13. The fraction of sp³-hybridized carbons (Fsp3) is 0.348. The molecule has 0 saturated heterocycles. The smallest absolute Gasteiger partial charge is 0.247 e. The fourth-order valence-electron chi connectivity index (χ4n) is 3.98. The van der Waals surface area contributed by atoms with Crippen molar-refractivity contribution >= 4 is 16.9 Å². The molecule has 2 aromatic heterocycles. The van der Waals surface area contributed by atoms with Crippen LogP contribution in [0.3, 0.4) is 0 Å². The zero-order valence-electron chi connectivity index (χ0n) is 18.2. The standard InChI is InChI=1S/C23H27N7O2/c1-16(2)22(30-15-18(26-28-30)9-10-21(31)27-32)23-25-19-7-3-4-8-20(19)29(23)13-11-17-6-5-12-24-14-17/h3-9,12,14,16,22,32H,10-11,13,15H2,1-2H3,(H,27,31)/b18-9-. The number of fused-ring (bicyclic) bond motifs is 1. The lowest BCUT2D eigenvalue weighted by atomic mass is 10.0. The molecule has 2 N–H and O–H groups in total. The first-order chi connectivity index (χ1) is 15.6. The predicted octanol–water partition coefficient (Wildman–Crippen LogP) is 3.83. The SMILES string of the molecule is CC(C)C(c1nc2ccccc2n1CCc1cccnc1)N1C/C(=C/CC(=O)NO)N=N1. The number of hydrogen-bond acceptors (Lipinski definition) is 7. The van der Waals surface area contributed by atoms with Gasteiger partial charge in [-0.25, -0.2) is 10.5 Å². The van der Waals surface area contributed by atoms with Crippen molar-refractivity contribution in [3.05, 3.63) is 72.0 Å². The van der Waals surface area contributed by atoms with Gasteiger partial charge in [0.05, 0.1) is 23.3 Å². The summed E-state index contributed by atoms with van der Waals surface area (Å²) in [7, 11) is 0. The van der Waals surface area contributed by atoms with Crippen molar-refractivity contribution in [1.82, 2.24) is 25.0 Å². The Bertz CT molecular complexity index is 1140. The minimum atomic E-state index is -0.483. The van der Waals surface area contributed by atoms with E-state index in [-0.39, 0.29) is 18.4 Å². The normalized spacial score (nSPS) is 15.8. The van der Waals surface area contributed by atoms with Crippen LogP contribution in [0.1, 0.15) is 37.7 Å². The molecule has 166 valence electrons. The van der Waals surface area contributed by atoms with Crippen molar-refractivity contribution in [2.75, 3.05) is 6.54 Å². The second-order valence-electron chi connectivity index (χ2n) is 8.13. The molecule has 1 aromatic carbocycles. The Morgan fingerprint density at radius 3 is 2.84 bits per heavy atom. The molecule has 0 fully saturated rings. The summed E-state index contributed by atoms with van der Waals surface area (Å²) in [5, 5.41) is 19.2. The molecule has 1 unspecified atom stereocenters. The first-order valence-corrected chi connectivity index (χ1v) is 10.7. The highest BCUT2D eigenvalue weighted by Gasteiger charge is 2.31. The molecule has 9 heteroatoms. The molecule has 0 radical (unpaired) electrons. The maximum Gasteiger partial charge on any atom is 0.247 e. The molecular formula is C23H27N7O2. The number of carbonyl (C=O) groups excluding carboxylic acids is 1. The molecule has 0 bridgehead atoms. The highest BCUT2D eigenvalue weighted by atomic mass is 16.5. The van der Waals surface area contributed by atoms with Crippen LogP contribution in [0.2, 0.25) is 0 Å². The van der Waals surface area contributed by atoms with E-state index in [0.29, 0.717) is 12.2 Å². The third-order valence-corrected chi connectivity index (χ3v) is 5.51. The van der Waals surface area contributed by atoms with Crippen molar-refractivity contribution in [2.45, 2.75) is 39.3 Å². The van der Waals surface area contributed by atoms with E-state index in [4.69, 9.17) is 10.2 Å². The van der Waals surface area contributed by atoms with E-state index >= 15 is 0 Å². The van der Waals surface area contributed by atoms with Gasteiger partial charge >= 0.3 is 0 Å². The lowest BCUT2D eigenvalue weighted by Crippen LogP contribution is -2.29. The number of carbonyl (C=O) groups is 1. The summed E-state index contributed by atoms with van der Waals surface area (Å²) in [6, 6.07) is 12.1. The Labute approximate surface area is 186 Å². The summed E-state index contributed by atoms with van der Waals surface area (Å²) < 4.78 is 2.27. The third-order valence-electron chi connectivity index (χ3n) is 5.51. The van der Waals surface area contributed by atoms with Gasteiger partial charge in [-0.15, -0.1) is 5.11 Å². The highest BCUT2D eigenvalue weighted by Crippen LogP contribution is 2.34. The summed E-state index contributed by atoms with van der Waals surface area (Å²) in [5.74, 6) is 0.685. The van der Waals surface area contributed by atoms with E-state index in [2.05, 4.69) is 45.9 Å². The first-order valence-electron chi connectivity index (χ1n) is 10.7. The van der Waals surface area contributed by atoms with Crippen molar-refractivity contribution < 1.29 is 10.0 Å². The largest absolute Gasteiger partial charge is 0.326 e. The van der Waals surface area contributed by atoms with Crippen LogP contribution in [0.4, 0.5) is 0 Å². The molecule has 32 heavy (non-hydrogen) atoms. The van der Waals surface area contributed by atoms with E-state index in [1.807, 2.05) is 35.5 Å². The van der Waals surface area contributed by atoms with E-state index in [1.165, 1.54) is 5.56 Å². The predicted molar refractivity (Wildman–Crippen MR) is 119 cm³/mol. The minimum Gasteiger partial charge on any atom is -0.326 e. The topological polar surface area (TPSA) is 108 Å². The van der Waals surface area contributed by atoms with E-state index in [0.717, 1.165) is 29.8 Å². The molecule has 4 rings (SSSR count). The van der Waals surface area contributed by atoms with Gasteiger partial charge < -0.3 is 4.57 Å². The number of nitrogens with zero attached hydrogens (tertiary/aromatic N) is 6. The lowest BCUT2D eigenvalue weighted by molar-refractivity contribution is -0.128. The Morgan fingerprint density at radius 1 is 1.25 bits per heavy atom. The molecule has 0 aliphatic carbocycles. The van der Waals surface area contributed by atoms with Crippen LogP contribution < -0.4 is 5.48 Å². The van der Waals surface area contributed by atoms with Crippen LogP contribution in [-0.4, -0.2) is 37.2 Å². The summed E-state index contributed by atoms with van der Waals surface area (Å²) in [4.78, 5) is 20.6. The van der Waals surface area contributed by atoms with Gasteiger partial charge in [0.1, 0.15) is 11.9 Å². The molecule has 3 heterocycles. The van der Waals surface area contributed by atoms with Crippen molar-refractivity contribution in [1.29, 1.82) is 0 Å². The van der Waals surface area contributed by atoms with Crippen LogP contribution in [0.25, 0.3) is 11.0 Å². The second kappa shape index (κ2) is 9.69. The fourth-order valence-corrected chi connectivity index (χ4v) is 3.98. The van der Waals surface area contributed by atoms with Gasteiger partial charge in [-0.1, -0.05) is 37.3 Å².